The highest BCUT2D eigenvalue weighted by Gasteiger charge is 2.22. The predicted octanol–water partition coefficient (Wildman–Crippen LogP) is -0.00130. The fourth-order valence-corrected chi connectivity index (χ4v) is 1.29. The lowest BCUT2D eigenvalue weighted by molar-refractivity contribution is -0.143. The summed E-state index contributed by atoms with van der Waals surface area (Å²) in [5, 5.41) is 11.4. The van der Waals surface area contributed by atoms with Crippen molar-refractivity contribution in [2.24, 2.45) is 0 Å². The van der Waals surface area contributed by atoms with Crippen LogP contribution in [0.2, 0.25) is 5.02 Å². The van der Waals surface area contributed by atoms with E-state index in [1.807, 2.05) is 0 Å². The maximum atomic E-state index is 11.7. The molecule has 6 nitrogen and oxygen atoms in total. The molecule has 0 radical (unpaired) electrons. The van der Waals surface area contributed by atoms with Crippen LogP contribution in [-0.4, -0.2) is 41.7 Å². The average molecular weight is 259 g/mol. The van der Waals surface area contributed by atoms with E-state index in [2.05, 4.69) is 15.0 Å². The minimum absolute atomic E-state index is 0.122. The van der Waals surface area contributed by atoms with Crippen LogP contribution in [0.15, 0.2) is 18.5 Å². The Morgan fingerprint density at radius 2 is 2.35 bits per heavy atom. The monoisotopic (exact) mass is 258 g/mol. The summed E-state index contributed by atoms with van der Waals surface area (Å²) in [6, 6.07) is 0.325. The number of esters is 1. The Bertz CT molecular complexity index is 425. The van der Waals surface area contributed by atoms with Crippen LogP contribution in [0.4, 0.5) is 0 Å². The molecule has 0 saturated carbocycles. The lowest BCUT2D eigenvalue weighted by Crippen LogP contribution is -2.44. The summed E-state index contributed by atoms with van der Waals surface area (Å²) in [6.07, 6.45) is 2.70. The summed E-state index contributed by atoms with van der Waals surface area (Å²) in [5.41, 5.74) is 0.122. The number of hydrogen-bond acceptors (Lipinski definition) is 5. The number of methoxy groups -OCH3 is 1. The lowest BCUT2D eigenvalue weighted by atomic mass is 10.2. The van der Waals surface area contributed by atoms with Gasteiger partial charge in [-0.25, -0.2) is 4.79 Å². The van der Waals surface area contributed by atoms with Gasteiger partial charge in [0.1, 0.15) is 0 Å². The third-order valence-corrected chi connectivity index (χ3v) is 2.32. The van der Waals surface area contributed by atoms with Crippen molar-refractivity contribution in [3.05, 3.63) is 29.0 Å². The molecule has 0 bridgehead atoms. The second-order valence-electron chi connectivity index (χ2n) is 3.09. The normalized spacial score (nSPS) is 11.7. The lowest BCUT2D eigenvalue weighted by Gasteiger charge is -2.13. The largest absolute Gasteiger partial charge is 0.467 e. The van der Waals surface area contributed by atoms with E-state index in [9.17, 15) is 9.59 Å². The second-order valence-corrected chi connectivity index (χ2v) is 3.49. The highest BCUT2D eigenvalue weighted by atomic mass is 35.5. The Morgan fingerprint density at radius 1 is 1.65 bits per heavy atom. The Kier molecular flexibility index (Phi) is 4.86. The van der Waals surface area contributed by atoms with Gasteiger partial charge in [-0.15, -0.1) is 0 Å². The summed E-state index contributed by atoms with van der Waals surface area (Å²) in [7, 11) is 1.16. The number of halogens is 1. The van der Waals surface area contributed by atoms with Gasteiger partial charge in [0.05, 0.1) is 24.3 Å². The highest BCUT2D eigenvalue weighted by Crippen LogP contribution is 2.13. The maximum Gasteiger partial charge on any atom is 0.330 e. The average Bonchev–Trinajstić information content (AvgIpc) is 2.35. The maximum absolute atomic E-state index is 11.7. The summed E-state index contributed by atoms with van der Waals surface area (Å²) in [5.74, 6) is -1.34. The van der Waals surface area contributed by atoms with Crippen molar-refractivity contribution in [2.45, 2.75) is 6.04 Å². The topological polar surface area (TPSA) is 88.5 Å². The van der Waals surface area contributed by atoms with E-state index in [0.717, 1.165) is 7.11 Å². The minimum atomic E-state index is -1.12. The van der Waals surface area contributed by atoms with Gasteiger partial charge in [-0.1, -0.05) is 11.6 Å². The fraction of sp³-hybridized carbons (Fsp3) is 0.300. The van der Waals surface area contributed by atoms with Crippen LogP contribution in [0, 0.1) is 0 Å². The summed E-state index contributed by atoms with van der Waals surface area (Å²) in [4.78, 5) is 26.6. The van der Waals surface area contributed by atoms with Crippen molar-refractivity contribution in [1.29, 1.82) is 0 Å². The molecular weight excluding hydrogens is 248 g/mol. The van der Waals surface area contributed by atoms with Gasteiger partial charge in [0.15, 0.2) is 6.04 Å². The van der Waals surface area contributed by atoms with Crippen molar-refractivity contribution in [1.82, 2.24) is 10.3 Å². The quantitative estimate of drug-likeness (QED) is 0.742. The first-order valence-corrected chi connectivity index (χ1v) is 5.07. The Hall–Kier alpha value is -1.66. The SMILES string of the molecule is COC(=O)C(CO)NC(=O)c1cnccc1Cl. The molecule has 1 aromatic heterocycles. The van der Waals surface area contributed by atoms with Crippen LogP contribution in [-0.2, 0) is 9.53 Å². The van der Waals surface area contributed by atoms with Gasteiger partial charge >= 0.3 is 5.97 Å². The van der Waals surface area contributed by atoms with Gasteiger partial charge in [0, 0.05) is 12.4 Å². The van der Waals surface area contributed by atoms with Crippen LogP contribution < -0.4 is 5.32 Å². The molecule has 0 aliphatic rings. The van der Waals surface area contributed by atoms with Crippen LogP contribution in [0.5, 0.6) is 0 Å². The van der Waals surface area contributed by atoms with Crippen molar-refractivity contribution < 1.29 is 19.4 Å². The standard InChI is InChI=1S/C10H11ClN2O4/c1-17-10(16)8(5-14)13-9(15)6-4-12-3-2-7(6)11/h2-4,8,14H,5H2,1H3,(H,13,15). The first kappa shape index (κ1) is 13.4. The number of pyridine rings is 1. The number of ether oxygens (including phenoxy) is 1. The van der Waals surface area contributed by atoms with Crippen LogP contribution in [0.3, 0.4) is 0 Å². The molecular formula is C10H11ClN2O4. The molecule has 1 atom stereocenters. The molecule has 2 N–H and O–H groups in total. The molecule has 1 unspecified atom stereocenters. The van der Waals surface area contributed by atoms with E-state index >= 15 is 0 Å². The molecule has 0 spiro atoms. The molecule has 0 aromatic carbocycles. The summed E-state index contributed by atoms with van der Waals surface area (Å²) >= 11 is 5.78. The molecule has 0 saturated heterocycles. The van der Waals surface area contributed by atoms with Crippen LogP contribution >= 0.6 is 11.6 Å². The molecule has 0 fully saturated rings. The van der Waals surface area contributed by atoms with Gasteiger partial charge in [0.2, 0.25) is 0 Å². The molecule has 1 aromatic rings. The molecule has 0 aliphatic heterocycles. The van der Waals surface area contributed by atoms with Gasteiger partial charge in [0.25, 0.3) is 5.91 Å². The molecule has 92 valence electrons. The number of amides is 1. The second kappa shape index (κ2) is 6.17. The van der Waals surface area contributed by atoms with Gasteiger partial charge in [-0.2, -0.15) is 0 Å². The zero-order chi connectivity index (χ0) is 12.8. The van der Waals surface area contributed by atoms with E-state index in [0.29, 0.717) is 0 Å². The molecule has 1 amide bonds. The minimum Gasteiger partial charge on any atom is -0.467 e. The first-order valence-electron chi connectivity index (χ1n) is 4.69. The Balaban J connectivity index is 2.78. The van der Waals surface area contributed by atoms with Crippen LogP contribution in [0.25, 0.3) is 0 Å². The number of rotatable bonds is 4. The molecule has 7 heteroatoms. The van der Waals surface area contributed by atoms with Crippen molar-refractivity contribution >= 4 is 23.5 Å². The number of nitrogens with one attached hydrogen (secondary N) is 1. The van der Waals surface area contributed by atoms with E-state index in [4.69, 9.17) is 16.7 Å². The first-order chi connectivity index (χ1) is 8.10. The van der Waals surface area contributed by atoms with E-state index < -0.39 is 24.5 Å². The van der Waals surface area contributed by atoms with E-state index in [1.165, 1.54) is 18.5 Å². The summed E-state index contributed by atoms with van der Waals surface area (Å²) < 4.78 is 4.41. The third kappa shape index (κ3) is 3.40. The third-order valence-electron chi connectivity index (χ3n) is 1.99. The van der Waals surface area contributed by atoms with E-state index in [-0.39, 0.29) is 10.6 Å². The number of carbonyl (C=O) groups is 2. The number of aromatic nitrogens is 1. The van der Waals surface area contributed by atoms with E-state index in [1.54, 1.807) is 0 Å². The molecule has 1 rings (SSSR count). The predicted molar refractivity (Wildman–Crippen MR) is 59.6 cm³/mol. The number of nitrogens with zero attached hydrogens (tertiary/aromatic N) is 1. The van der Waals surface area contributed by atoms with Crippen molar-refractivity contribution in [2.75, 3.05) is 13.7 Å². The van der Waals surface area contributed by atoms with Gasteiger partial charge < -0.3 is 15.2 Å². The molecule has 17 heavy (non-hydrogen) atoms. The van der Waals surface area contributed by atoms with Crippen molar-refractivity contribution in [3.63, 3.8) is 0 Å². The van der Waals surface area contributed by atoms with Gasteiger partial charge in [-0.05, 0) is 6.07 Å². The smallest absolute Gasteiger partial charge is 0.330 e. The number of aliphatic hydroxyl groups is 1. The number of carbonyl (C=O) groups excluding carboxylic acids is 2. The van der Waals surface area contributed by atoms with Crippen LogP contribution in [0.1, 0.15) is 10.4 Å². The Labute approximate surface area is 103 Å². The molecule has 1 heterocycles. The Morgan fingerprint density at radius 3 is 2.88 bits per heavy atom. The highest BCUT2D eigenvalue weighted by molar-refractivity contribution is 6.33. The zero-order valence-corrected chi connectivity index (χ0v) is 9.77. The van der Waals surface area contributed by atoms with Crippen molar-refractivity contribution in [3.8, 4) is 0 Å². The number of hydrogen-bond donors (Lipinski definition) is 2. The number of aliphatic hydroxyl groups excluding tert-OH is 1. The zero-order valence-electron chi connectivity index (χ0n) is 9.01. The fourth-order valence-electron chi connectivity index (χ4n) is 1.10. The molecule has 0 aliphatic carbocycles. The summed E-state index contributed by atoms with van der Waals surface area (Å²) in [6.45, 7) is -0.559. The van der Waals surface area contributed by atoms with Gasteiger partial charge in [-0.3, -0.25) is 9.78 Å².